The van der Waals surface area contributed by atoms with Gasteiger partial charge in [0.1, 0.15) is 11.6 Å². The van der Waals surface area contributed by atoms with E-state index in [1.807, 2.05) is 0 Å². The van der Waals surface area contributed by atoms with E-state index >= 15 is 0 Å². The van der Waals surface area contributed by atoms with Crippen LogP contribution in [0.3, 0.4) is 0 Å². The predicted molar refractivity (Wildman–Crippen MR) is 75.1 cm³/mol. The monoisotopic (exact) mass is 277 g/mol. The van der Waals surface area contributed by atoms with Crippen LogP contribution in [0.4, 0.5) is 4.39 Å². The Balaban J connectivity index is 2.20. The number of hydrogen-bond acceptors (Lipinski definition) is 2. The summed E-state index contributed by atoms with van der Waals surface area (Å²) >= 11 is 0. The van der Waals surface area contributed by atoms with Crippen molar-refractivity contribution in [2.24, 2.45) is 0 Å². The average molecular weight is 277 g/mol. The number of rotatable bonds is 3. The van der Waals surface area contributed by atoms with Gasteiger partial charge in [0.15, 0.2) is 0 Å². The van der Waals surface area contributed by atoms with E-state index < -0.39 is 0 Å². The molecule has 0 bridgehead atoms. The van der Waals surface area contributed by atoms with Crippen molar-refractivity contribution >= 4 is 11.7 Å². The van der Waals surface area contributed by atoms with Gasteiger partial charge < -0.3 is 4.90 Å². The van der Waals surface area contributed by atoms with Crippen LogP contribution in [0.5, 0.6) is 0 Å². The first-order chi connectivity index (χ1) is 9.49. The molecule has 0 saturated carbocycles. The fourth-order valence-corrected chi connectivity index (χ4v) is 2.76. The number of ketones is 1. The third-order valence-corrected chi connectivity index (χ3v) is 3.82. The molecule has 1 aromatic rings. The maximum absolute atomic E-state index is 13.3. The first-order valence-electron chi connectivity index (χ1n) is 7.05. The Bertz CT molecular complexity index is 527. The number of amides is 1. The van der Waals surface area contributed by atoms with Crippen molar-refractivity contribution in [2.75, 3.05) is 6.54 Å². The number of carbonyl (C=O) groups is 2. The van der Waals surface area contributed by atoms with E-state index in [1.165, 1.54) is 12.1 Å². The lowest BCUT2D eigenvalue weighted by Crippen LogP contribution is -2.44. The van der Waals surface area contributed by atoms with Crippen LogP contribution in [0.1, 0.15) is 48.5 Å². The van der Waals surface area contributed by atoms with Crippen LogP contribution < -0.4 is 0 Å². The molecule has 20 heavy (non-hydrogen) atoms. The maximum Gasteiger partial charge on any atom is 0.254 e. The van der Waals surface area contributed by atoms with Crippen LogP contribution in [0.25, 0.3) is 0 Å². The first-order valence-corrected chi connectivity index (χ1v) is 7.05. The highest BCUT2D eigenvalue weighted by Crippen LogP contribution is 2.23. The van der Waals surface area contributed by atoms with E-state index in [-0.39, 0.29) is 23.5 Å². The maximum atomic E-state index is 13.3. The van der Waals surface area contributed by atoms with Crippen molar-refractivity contribution < 1.29 is 14.0 Å². The lowest BCUT2D eigenvalue weighted by molar-refractivity contribution is -0.118. The standard InChI is InChI=1S/C16H20FNO2/c1-11-9-13(6-7-15(11)17)16(20)18-8-4-3-5-14(18)10-12(2)19/h6-7,9,14H,3-5,8,10H2,1-2H3. The van der Waals surface area contributed by atoms with Crippen molar-refractivity contribution in [3.63, 3.8) is 0 Å². The number of likely N-dealkylation sites (tertiary alicyclic amines) is 1. The van der Waals surface area contributed by atoms with Crippen molar-refractivity contribution in [3.05, 3.63) is 35.1 Å². The zero-order chi connectivity index (χ0) is 14.7. The SMILES string of the molecule is CC(=O)CC1CCCCN1C(=O)c1ccc(F)c(C)c1. The smallest absolute Gasteiger partial charge is 0.254 e. The Kier molecular flexibility index (Phi) is 4.53. The minimum atomic E-state index is -0.305. The molecule has 0 aromatic heterocycles. The summed E-state index contributed by atoms with van der Waals surface area (Å²) < 4.78 is 13.3. The summed E-state index contributed by atoms with van der Waals surface area (Å²) in [4.78, 5) is 25.7. The zero-order valence-corrected chi connectivity index (χ0v) is 12.0. The van der Waals surface area contributed by atoms with Crippen LogP contribution in [-0.4, -0.2) is 29.2 Å². The Morgan fingerprint density at radius 2 is 2.10 bits per heavy atom. The molecule has 1 aliphatic rings. The molecule has 0 radical (unpaired) electrons. The number of hydrogen-bond donors (Lipinski definition) is 0. The van der Waals surface area contributed by atoms with Gasteiger partial charge in [0.05, 0.1) is 0 Å². The highest BCUT2D eigenvalue weighted by Gasteiger charge is 2.28. The summed E-state index contributed by atoms with van der Waals surface area (Å²) in [6, 6.07) is 4.41. The number of halogens is 1. The first kappa shape index (κ1) is 14.7. The summed E-state index contributed by atoms with van der Waals surface area (Å²) in [6.45, 7) is 3.88. The van der Waals surface area contributed by atoms with Crippen molar-refractivity contribution in [1.29, 1.82) is 0 Å². The van der Waals surface area contributed by atoms with Gasteiger partial charge in [-0.1, -0.05) is 0 Å². The van der Waals surface area contributed by atoms with Crippen molar-refractivity contribution in [2.45, 2.75) is 45.6 Å². The molecule has 1 fully saturated rings. The van der Waals surface area contributed by atoms with Crippen molar-refractivity contribution in [3.8, 4) is 0 Å². The number of carbonyl (C=O) groups excluding carboxylic acids is 2. The van der Waals surface area contributed by atoms with E-state index in [0.29, 0.717) is 24.1 Å². The molecule has 1 heterocycles. The Labute approximate surface area is 118 Å². The largest absolute Gasteiger partial charge is 0.335 e. The van der Waals surface area contributed by atoms with Crippen LogP contribution in [0.15, 0.2) is 18.2 Å². The lowest BCUT2D eigenvalue weighted by atomic mass is 9.96. The van der Waals surface area contributed by atoms with E-state index in [0.717, 1.165) is 19.3 Å². The quantitative estimate of drug-likeness (QED) is 0.851. The van der Waals surface area contributed by atoms with Gasteiger partial charge in [0, 0.05) is 24.6 Å². The molecule has 108 valence electrons. The molecule has 1 unspecified atom stereocenters. The highest BCUT2D eigenvalue weighted by atomic mass is 19.1. The fourth-order valence-electron chi connectivity index (χ4n) is 2.76. The molecule has 0 aliphatic carbocycles. The summed E-state index contributed by atoms with van der Waals surface area (Å²) in [6.07, 6.45) is 3.28. The number of benzene rings is 1. The molecule has 2 rings (SSSR count). The van der Waals surface area contributed by atoms with E-state index in [2.05, 4.69) is 0 Å². The molecule has 4 heteroatoms. The van der Waals surface area contributed by atoms with Gasteiger partial charge in [0.25, 0.3) is 5.91 Å². The summed E-state index contributed by atoms with van der Waals surface area (Å²) in [5, 5.41) is 0. The average Bonchev–Trinajstić information content (AvgIpc) is 2.41. The molecule has 1 aliphatic heterocycles. The van der Waals surface area contributed by atoms with Gasteiger partial charge in [-0.05, 0) is 56.9 Å². The minimum absolute atomic E-state index is 0.0147. The van der Waals surface area contributed by atoms with E-state index in [9.17, 15) is 14.0 Å². The second-order valence-electron chi connectivity index (χ2n) is 5.52. The van der Waals surface area contributed by atoms with Crippen LogP contribution in [0.2, 0.25) is 0 Å². The Morgan fingerprint density at radius 1 is 1.35 bits per heavy atom. The highest BCUT2D eigenvalue weighted by molar-refractivity contribution is 5.95. The van der Waals surface area contributed by atoms with Crippen LogP contribution >= 0.6 is 0 Å². The van der Waals surface area contributed by atoms with Crippen LogP contribution in [-0.2, 0) is 4.79 Å². The molecule has 1 aromatic carbocycles. The van der Waals surface area contributed by atoms with E-state index in [4.69, 9.17) is 0 Å². The third-order valence-electron chi connectivity index (χ3n) is 3.82. The third kappa shape index (κ3) is 3.24. The summed E-state index contributed by atoms with van der Waals surface area (Å²) in [5.41, 5.74) is 0.968. The molecular formula is C16H20FNO2. The zero-order valence-electron chi connectivity index (χ0n) is 12.0. The van der Waals surface area contributed by atoms with Gasteiger partial charge >= 0.3 is 0 Å². The van der Waals surface area contributed by atoms with Gasteiger partial charge in [-0.2, -0.15) is 0 Å². The molecule has 1 atom stereocenters. The van der Waals surface area contributed by atoms with Gasteiger partial charge in [-0.3, -0.25) is 9.59 Å². The van der Waals surface area contributed by atoms with Gasteiger partial charge in [-0.15, -0.1) is 0 Å². The second kappa shape index (κ2) is 6.16. The lowest BCUT2D eigenvalue weighted by Gasteiger charge is -2.35. The Hall–Kier alpha value is -1.71. The van der Waals surface area contributed by atoms with Gasteiger partial charge in [-0.25, -0.2) is 4.39 Å². The molecule has 1 saturated heterocycles. The Morgan fingerprint density at radius 3 is 2.75 bits per heavy atom. The summed E-state index contributed by atoms with van der Waals surface area (Å²) in [5.74, 6) is -0.301. The van der Waals surface area contributed by atoms with Crippen molar-refractivity contribution in [1.82, 2.24) is 4.90 Å². The second-order valence-corrected chi connectivity index (χ2v) is 5.52. The predicted octanol–water partition coefficient (Wildman–Crippen LogP) is 3.11. The number of Topliss-reactive ketones (excluding diaryl/α,β-unsaturated/α-hetero) is 1. The molecular weight excluding hydrogens is 257 g/mol. The number of aryl methyl sites for hydroxylation is 1. The van der Waals surface area contributed by atoms with E-state index in [1.54, 1.807) is 24.8 Å². The molecule has 1 amide bonds. The minimum Gasteiger partial charge on any atom is -0.335 e. The molecule has 0 spiro atoms. The fraction of sp³-hybridized carbons (Fsp3) is 0.500. The normalized spacial score (nSPS) is 18.9. The number of nitrogens with zero attached hydrogens (tertiary/aromatic N) is 1. The topological polar surface area (TPSA) is 37.4 Å². The molecule has 0 N–H and O–H groups in total. The van der Waals surface area contributed by atoms with Crippen LogP contribution in [0, 0.1) is 12.7 Å². The number of piperidine rings is 1. The summed E-state index contributed by atoms with van der Waals surface area (Å²) in [7, 11) is 0. The molecule has 3 nitrogen and oxygen atoms in total. The van der Waals surface area contributed by atoms with Gasteiger partial charge in [0.2, 0.25) is 0 Å².